The van der Waals surface area contributed by atoms with Crippen LogP contribution in [-0.4, -0.2) is 17.1 Å². The van der Waals surface area contributed by atoms with Gasteiger partial charge in [0.15, 0.2) is 0 Å². The van der Waals surface area contributed by atoms with Crippen LogP contribution in [-0.2, 0) is 16.0 Å². The van der Waals surface area contributed by atoms with Crippen molar-refractivity contribution in [1.29, 1.82) is 5.26 Å². The Hall–Kier alpha value is -3.05. The third-order valence-corrected chi connectivity index (χ3v) is 7.28. The van der Waals surface area contributed by atoms with E-state index in [1.807, 2.05) is 49.4 Å². The smallest absolute Gasteiger partial charge is 0.269 e. The summed E-state index contributed by atoms with van der Waals surface area (Å²) in [5.41, 5.74) is 3.04. The van der Waals surface area contributed by atoms with E-state index in [1.54, 1.807) is 36.4 Å². The molecule has 5 nitrogen and oxygen atoms in total. The molecule has 0 saturated carbocycles. The predicted octanol–water partition coefficient (Wildman–Crippen LogP) is 6.48. The zero-order chi connectivity index (χ0) is 24.2. The Kier molecular flexibility index (Phi) is 7.42. The van der Waals surface area contributed by atoms with Crippen molar-refractivity contribution in [2.45, 2.75) is 18.6 Å². The van der Waals surface area contributed by atoms with Crippen molar-refractivity contribution in [2.75, 3.05) is 10.2 Å². The van der Waals surface area contributed by atoms with Crippen LogP contribution in [0.1, 0.15) is 11.1 Å². The SMILES string of the molecule is Cc1ccc(N2C(=O)C(Cc3ccc(Cl)cc3)S/C2=C(/C#N)C(=O)Nc2ccc(Br)cc2)cc1. The van der Waals surface area contributed by atoms with E-state index in [0.29, 0.717) is 27.8 Å². The van der Waals surface area contributed by atoms with E-state index in [9.17, 15) is 14.9 Å². The molecule has 1 atom stereocenters. The average molecular weight is 553 g/mol. The van der Waals surface area contributed by atoms with Crippen molar-refractivity contribution < 1.29 is 9.59 Å². The van der Waals surface area contributed by atoms with Gasteiger partial charge in [0.05, 0.1) is 5.25 Å². The van der Waals surface area contributed by atoms with Crippen LogP contribution < -0.4 is 10.2 Å². The first-order valence-corrected chi connectivity index (χ1v) is 12.4. The highest BCUT2D eigenvalue weighted by molar-refractivity contribution is 9.10. The number of hydrogen-bond donors (Lipinski definition) is 1. The summed E-state index contributed by atoms with van der Waals surface area (Å²) in [5.74, 6) is -0.743. The lowest BCUT2D eigenvalue weighted by Crippen LogP contribution is -2.30. The summed E-state index contributed by atoms with van der Waals surface area (Å²) in [4.78, 5) is 28.1. The molecule has 34 heavy (non-hydrogen) atoms. The number of amides is 2. The third kappa shape index (κ3) is 5.36. The minimum atomic E-state index is -0.565. The van der Waals surface area contributed by atoms with Gasteiger partial charge in [-0.3, -0.25) is 14.5 Å². The molecule has 8 heteroatoms. The molecule has 3 aromatic carbocycles. The second-order valence-corrected chi connectivity index (χ2v) is 10.2. The van der Waals surface area contributed by atoms with Crippen molar-refractivity contribution in [3.63, 3.8) is 0 Å². The molecule has 4 rings (SSSR count). The maximum Gasteiger partial charge on any atom is 0.269 e. The monoisotopic (exact) mass is 551 g/mol. The van der Waals surface area contributed by atoms with Crippen molar-refractivity contribution in [3.05, 3.63) is 104 Å². The van der Waals surface area contributed by atoms with Gasteiger partial charge in [0.1, 0.15) is 16.7 Å². The highest BCUT2D eigenvalue weighted by Crippen LogP contribution is 2.42. The molecular weight excluding hydrogens is 534 g/mol. The number of benzene rings is 3. The summed E-state index contributed by atoms with van der Waals surface area (Å²) in [5, 5.41) is 13.2. The van der Waals surface area contributed by atoms with E-state index in [-0.39, 0.29) is 11.5 Å². The number of halogens is 2. The molecule has 3 aromatic rings. The van der Waals surface area contributed by atoms with E-state index in [0.717, 1.165) is 15.6 Å². The summed E-state index contributed by atoms with van der Waals surface area (Å²) in [6.45, 7) is 1.96. The fourth-order valence-corrected chi connectivity index (χ4v) is 5.18. The number of anilines is 2. The molecule has 0 aromatic heterocycles. The Morgan fingerprint density at radius 2 is 1.74 bits per heavy atom. The first-order chi connectivity index (χ1) is 16.4. The molecule has 0 spiro atoms. The lowest BCUT2D eigenvalue weighted by atomic mass is 10.1. The lowest BCUT2D eigenvalue weighted by molar-refractivity contribution is -0.117. The van der Waals surface area contributed by atoms with Crippen molar-refractivity contribution in [2.24, 2.45) is 0 Å². The maximum absolute atomic E-state index is 13.5. The molecule has 1 fully saturated rings. The van der Waals surface area contributed by atoms with Crippen LogP contribution in [0.25, 0.3) is 0 Å². The van der Waals surface area contributed by atoms with Crippen LogP contribution in [0.4, 0.5) is 11.4 Å². The van der Waals surface area contributed by atoms with Gasteiger partial charge >= 0.3 is 0 Å². The van der Waals surface area contributed by atoms with Gasteiger partial charge in [-0.25, -0.2) is 0 Å². The van der Waals surface area contributed by atoms with Gasteiger partial charge in [-0.15, -0.1) is 0 Å². The average Bonchev–Trinajstić information content (AvgIpc) is 3.13. The highest BCUT2D eigenvalue weighted by Gasteiger charge is 2.40. The largest absolute Gasteiger partial charge is 0.321 e. The number of hydrogen-bond acceptors (Lipinski definition) is 4. The van der Waals surface area contributed by atoms with Crippen LogP contribution in [0.5, 0.6) is 0 Å². The van der Waals surface area contributed by atoms with E-state index >= 15 is 0 Å². The quantitative estimate of drug-likeness (QED) is 0.291. The van der Waals surface area contributed by atoms with Gasteiger partial charge in [0.2, 0.25) is 5.91 Å². The number of rotatable bonds is 5. The molecular formula is C26H19BrClN3O2S. The Morgan fingerprint density at radius 1 is 1.09 bits per heavy atom. The third-order valence-electron chi connectivity index (χ3n) is 5.23. The van der Waals surface area contributed by atoms with Gasteiger partial charge < -0.3 is 5.32 Å². The predicted molar refractivity (Wildman–Crippen MR) is 141 cm³/mol. The van der Waals surface area contributed by atoms with Gasteiger partial charge in [-0.1, -0.05) is 69.1 Å². The van der Waals surface area contributed by atoms with E-state index in [4.69, 9.17) is 11.6 Å². The summed E-state index contributed by atoms with van der Waals surface area (Å²) in [6.07, 6.45) is 0.444. The van der Waals surface area contributed by atoms with Crippen molar-refractivity contribution in [1.82, 2.24) is 0 Å². The Labute approximate surface area is 215 Å². The van der Waals surface area contributed by atoms with E-state index in [1.165, 1.54) is 16.7 Å². The molecule has 0 radical (unpaired) electrons. The second-order valence-electron chi connectivity index (χ2n) is 7.70. The molecule has 1 aliphatic rings. The molecule has 1 N–H and O–H groups in total. The lowest BCUT2D eigenvalue weighted by Gasteiger charge is -2.19. The summed E-state index contributed by atoms with van der Waals surface area (Å²) in [6, 6.07) is 23.8. The topological polar surface area (TPSA) is 73.2 Å². The molecule has 2 amide bonds. The Morgan fingerprint density at radius 3 is 2.35 bits per heavy atom. The number of nitrogens with zero attached hydrogens (tertiary/aromatic N) is 2. The molecule has 1 aliphatic heterocycles. The highest BCUT2D eigenvalue weighted by atomic mass is 79.9. The van der Waals surface area contributed by atoms with Crippen molar-refractivity contribution >= 4 is 62.5 Å². The van der Waals surface area contributed by atoms with Gasteiger partial charge in [0.25, 0.3) is 5.91 Å². The molecule has 1 saturated heterocycles. The maximum atomic E-state index is 13.5. The van der Waals surface area contributed by atoms with Crippen LogP contribution in [0, 0.1) is 18.3 Å². The molecule has 0 bridgehead atoms. The van der Waals surface area contributed by atoms with E-state index in [2.05, 4.69) is 21.2 Å². The fourth-order valence-electron chi connectivity index (χ4n) is 3.48. The summed E-state index contributed by atoms with van der Waals surface area (Å²) < 4.78 is 0.872. The van der Waals surface area contributed by atoms with Crippen molar-refractivity contribution in [3.8, 4) is 6.07 Å². The summed E-state index contributed by atoms with van der Waals surface area (Å²) in [7, 11) is 0. The van der Waals surface area contributed by atoms with Gasteiger partial charge in [-0.2, -0.15) is 5.26 Å². The number of carbonyl (C=O) groups excluding carboxylic acids is 2. The zero-order valence-electron chi connectivity index (χ0n) is 18.1. The molecule has 170 valence electrons. The minimum Gasteiger partial charge on any atom is -0.321 e. The summed E-state index contributed by atoms with van der Waals surface area (Å²) >= 11 is 10.6. The fraction of sp³-hybridized carbons (Fsp3) is 0.115. The zero-order valence-corrected chi connectivity index (χ0v) is 21.2. The molecule has 0 aliphatic carbocycles. The Balaban J connectivity index is 1.71. The van der Waals surface area contributed by atoms with Crippen LogP contribution in [0.3, 0.4) is 0 Å². The van der Waals surface area contributed by atoms with Crippen LogP contribution in [0.15, 0.2) is 87.9 Å². The number of nitrogens with one attached hydrogen (secondary N) is 1. The Bertz CT molecular complexity index is 1300. The molecule has 1 heterocycles. The molecule has 1 unspecified atom stereocenters. The first-order valence-electron chi connectivity index (χ1n) is 10.4. The van der Waals surface area contributed by atoms with Crippen LogP contribution in [0.2, 0.25) is 5.02 Å². The van der Waals surface area contributed by atoms with E-state index < -0.39 is 11.2 Å². The van der Waals surface area contributed by atoms with Crippen LogP contribution >= 0.6 is 39.3 Å². The van der Waals surface area contributed by atoms with Gasteiger partial charge in [-0.05, 0) is 67.4 Å². The normalized spacial score (nSPS) is 16.8. The minimum absolute atomic E-state index is 0.111. The van der Waals surface area contributed by atoms with Gasteiger partial charge in [0, 0.05) is 20.9 Å². The number of carbonyl (C=O) groups is 2. The number of nitriles is 1. The number of thioether (sulfide) groups is 1. The second kappa shape index (κ2) is 10.5. The standard InChI is InChI=1S/C26H19BrClN3O2S/c1-16-2-12-21(13-3-16)31-25(33)23(14-17-4-8-19(28)9-5-17)34-26(31)22(15-29)24(32)30-20-10-6-18(27)7-11-20/h2-13,23H,14H2,1H3,(H,30,32)/b26-22-. The first kappa shape index (κ1) is 24.1. The number of aryl methyl sites for hydroxylation is 1.